The summed E-state index contributed by atoms with van der Waals surface area (Å²) in [4.78, 5) is 0. The molecule has 0 aliphatic carbocycles. The van der Waals surface area contributed by atoms with Gasteiger partial charge in [0.25, 0.3) is 0 Å². The van der Waals surface area contributed by atoms with Crippen LogP contribution in [0.1, 0.15) is 81.1 Å². The average Bonchev–Trinajstić information content (AvgIpc) is 2.69. The summed E-state index contributed by atoms with van der Waals surface area (Å²) in [5.41, 5.74) is 0. The van der Waals surface area contributed by atoms with Crippen LogP contribution in [0.2, 0.25) is 0 Å². The fourth-order valence-electron chi connectivity index (χ4n) is 3.46. The van der Waals surface area contributed by atoms with Gasteiger partial charge in [0.05, 0.1) is 0 Å². The standard InChI is InChI=1S/C20H42O7P/c1-9-17(19(11-3,22-13-5)23-14-6)26-28(21)27-18(10-2)20(12-4,24-15-7)25-16-8/h17-18H,9-16H2,1-8H3/q+1. The molecule has 0 heterocycles. The zero-order valence-electron chi connectivity index (χ0n) is 19.1. The van der Waals surface area contributed by atoms with E-state index in [-0.39, 0.29) is 0 Å². The number of rotatable bonds is 18. The third kappa shape index (κ3) is 7.60. The maximum atomic E-state index is 12.8. The number of ether oxygens (including phenoxy) is 4. The average molecular weight is 426 g/mol. The van der Waals surface area contributed by atoms with Gasteiger partial charge in [-0.15, -0.1) is 9.05 Å². The minimum absolute atomic E-state index is 0.469. The lowest BCUT2D eigenvalue weighted by atomic mass is 10.0. The molecule has 0 aromatic heterocycles. The van der Waals surface area contributed by atoms with E-state index in [1.165, 1.54) is 0 Å². The maximum absolute atomic E-state index is 12.8. The molecule has 2 unspecified atom stereocenters. The fourth-order valence-corrected chi connectivity index (χ4v) is 4.54. The van der Waals surface area contributed by atoms with Gasteiger partial charge in [0.1, 0.15) is 0 Å². The van der Waals surface area contributed by atoms with Crippen LogP contribution in [0.15, 0.2) is 0 Å². The molecular weight excluding hydrogens is 383 g/mol. The van der Waals surface area contributed by atoms with E-state index in [0.717, 1.165) is 0 Å². The third-order valence-electron chi connectivity index (χ3n) is 4.69. The van der Waals surface area contributed by atoms with Crippen LogP contribution in [-0.4, -0.2) is 50.2 Å². The highest BCUT2D eigenvalue weighted by Crippen LogP contribution is 2.40. The van der Waals surface area contributed by atoms with E-state index in [9.17, 15) is 4.57 Å². The van der Waals surface area contributed by atoms with Gasteiger partial charge in [0.15, 0.2) is 23.8 Å². The molecule has 0 radical (unpaired) electrons. The molecule has 0 fully saturated rings. The monoisotopic (exact) mass is 425 g/mol. The van der Waals surface area contributed by atoms with Crippen molar-refractivity contribution in [1.29, 1.82) is 0 Å². The van der Waals surface area contributed by atoms with Crippen LogP contribution in [-0.2, 0) is 32.6 Å². The summed E-state index contributed by atoms with van der Waals surface area (Å²) in [5, 5.41) is 0. The van der Waals surface area contributed by atoms with Gasteiger partial charge in [-0.1, -0.05) is 27.7 Å². The maximum Gasteiger partial charge on any atom is 0.698 e. The lowest BCUT2D eigenvalue weighted by Crippen LogP contribution is -2.49. The summed E-state index contributed by atoms with van der Waals surface area (Å²) < 4.78 is 48.0. The van der Waals surface area contributed by atoms with E-state index in [1.54, 1.807) is 0 Å². The van der Waals surface area contributed by atoms with Gasteiger partial charge < -0.3 is 18.9 Å². The fraction of sp³-hybridized carbons (Fsp3) is 1.00. The molecule has 28 heavy (non-hydrogen) atoms. The van der Waals surface area contributed by atoms with E-state index in [0.29, 0.717) is 52.1 Å². The molecule has 0 aliphatic rings. The SMILES string of the molecule is CCOC(CC)(OCC)C(CC)O[P+](=O)OC(CC)C(CC)(OCC)OCC. The van der Waals surface area contributed by atoms with Crippen molar-refractivity contribution in [2.45, 2.75) is 105 Å². The largest absolute Gasteiger partial charge is 0.698 e. The molecule has 0 spiro atoms. The first-order valence-corrected chi connectivity index (χ1v) is 11.8. The van der Waals surface area contributed by atoms with Gasteiger partial charge in [-0.2, -0.15) is 0 Å². The van der Waals surface area contributed by atoms with Gasteiger partial charge in [-0.25, -0.2) is 0 Å². The summed E-state index contributed by atoms with van der Waals surface area (Å²) in [5.74, 6) is -1.90. The van der Waals surface area contributed by atoms with Crippen molar-refractivity contribution in [1.82, 2.24) is 0 Å². The normalized spacial score (nSPS) is 15.5. The summed E-state index contributed by atoms with van der Waals surface area (Å²) in [6.45, 7) is 17.3. The summed E-state index contributed by atoms with van der Waals surface area (Å²) in [6, 6.07) is 0. The van der Waals surface area contributed by atoms with Crippen LogP contribution >= 0.6 is 8.25 Å². The van der Waals surface area contributed by atoms with Crippen LogP contribution in [0.5, 0.6) is 0 Å². The summed E-state index contributed by atoms with van der Waals surface area (Å²) in [6.07, 6.45) is 1.26. The van der Waals surface area contributed by atoms with Gasteiger partial charge in [0, 0.05) is 43.8 Å². The van der Waals surface area contributed by atoms with Crippen molar-refractivity contribution < 1.29 is 32.6 Å². The second-order valence-corrected chi connectivity index (χ2v) is 7.16. The Labute approximate surface area is 172 Å². The Morgan fingerprint density at radius 2 is 0.893 bits per heavy atom. The highest BCUT2D eigenvalue weighted by molar-refractivity contribution is 7.33. The van der Waals surface area contributed by atoms with E-state index in [1.807, 2.05) is 55.4 Å². The van der Waals surface area contributed by atoms with Crippen LogP contribution < -0.4 is 0 Å². The minimum atomic E-state index is -2.42. The van der Waals surface area contributed by atoms with E-state index >= 15 is 0 Å². The Morgan fingerprint density at radius 1 is 0.607 bits per heavy atom. The summed E-state index contributed by atoms with van der Waals surface area (Å²) in [7, 11) is -2.42. The van der Waals surface area contributed by atoms with Gasteiger partial charge in [-0.3, -0.25) is 0 Å². The predicted octanol–water partition coefficient (Wildman–Crippen LogP) is 5.59. The van der Waals surface area contributed by atoms with Crippen molar-refractivity contribution in [3.05, 3.63) is 0 Å². The Kier molecular flexibility index (Phi) is 14.7. The van der Waals surface area contributed by atoms with E-state index < -0.39 is 32.0 Å². The first-order valence-electron chi connectivity index (χ1n) is 10.7. The minimum Gasteiger partial charge on any atom is -0.348 e. The molecule has 168 valence electrons. The topological polar surface area (TPSA) is 72.5 Å². The zero-order chi connectivity index (χ0) is 21.6. The molecule has 0 saturated heterocycles. The van der Waals surface area contributed by atoms with Crippen molar-refractivity contribution in [2.75, 3.05) is 26.4 Å². The Balaban J connectivity index is 5.41. The Bertz CT molecular complexity index is 371. The van der Waals surface area contributed by atoms with Crippen LogP contribution in [0.25, 0.3) is 0 Å². The van der Waals surface area contributed by atoms with E-state index in [4.69, 9.17) is 28.0 Å². The molecule has 8 heteroatoms. The number of hydrogen-bond donors (Lipinski definition) is 0. The second-order valence-electron chi connectivity index (χ2n) is 6.29. The first-order chi connectivity index (χ1) is 13.4. The predicted molar refractivity (Wildman–Crippen MR) is 110 cm³/mol. The Hall–Kier alpha value is -0.140. The molecule has 0 aromatic carbocycles. The molecule has 0 aliphatic heterocycles. The highest BCUT2D eigenvalue weighted by atomic mass is 31.1. The lowest BCUT2D eigenvalue weighted by molar-refractivity contribution is -0.284. The van der Waals surface area contributed by atoms with E-state index in [2.05, 4.69) is 0 Å². The molecule has 0 N–H and O–H groups in total. The zero-order valence-corrected chi connectivity index (χ0v) is 20.0. The van der Waals surface area contributed by atoms with Crippen molar-refractivity contribution >= 4 is 8.25 Å². The third-order valence-corrected chi connectivity index (χ3v) is 5.54. The molecule has 0 rings (SSSR count). The van der Waals surface area contributed by atoms with Gasteiger partial charge >= 0.3 is 8.25 Å². The number of hydrogen-bond acceptors (Lipinski definition) is 7. The van der Waals surface area contributed by atoms with Gasteiger partial charge in [-0.05, 0) is 40.5 Å². The van der Waals surface area contributed by atoms with Crippen LogP contribution in [0.4, 0.5) is 0 Å². The molecule has 0 amide bonds. The molecule has 2 atom stereocenters. The summed E-state index contributed by atoms with van der Waals surface area (Å²) >= 11 is 0. The van der Waals surface area contributed by atoms with Crippen molar-refractivity contribution in [3.8, 4) is 0 Å². The van der Waals surface area contributed by atoms with Gasteiger partial charge in [0.2, 0.25) is 0 Å². The lowest BCUT2D eigenvalue weighted by Gasteiger charge is -2.37. The highest BCUT2D eigenvalue weighted by Gasteiger charge is 2.49. The molecule has 0 saturated carbocycles. The van der Waals surface area contributed by atoms with Crippen molar-refractivity contribution in [3.63, 3.8) is 0 Å². The Morgan fingerprint density at radius 3 is 1.07 bits per heavy atom. The first kappa shape index (κ1) is 27.9. The van der Waals surface area contributed by atoms with Crippen LogP contribution in [0.3, 0.4) is 0 Å². The van der Waals surface area contributed by atoms with Crippen molar-refractivity contribution in [2.24, 2.45) is 0 Å². The molecule has 7 nitrogen and oxygen atoms in total. The quantitative estimate of drug-likeness (QED) is 0.209. The smallest absolute Gasteiger partial charge is 0.348 e. The second kappa shape index (κ2) is 14.8. The van der Waals surface area contributed by atoms with Crippen LogP contribution in [0, 0.1) is 0 Å². The molecule has 0 aromatic rings. The molecular formula is C20H42O7P+. The molecule has 0 bridgehead atoms.